The van der Waals surface area contributed by atoms with Crippen LogP contribution in [-0.2, 0) is 4.74 Å². The zero-order chi connectivity index (χ0) is 13.9. The minimum absolute atomic E-state index is 0.195. The Kier molecular flexibility index (Phi) is 3.83. The Morgan fingerprint density at radius 1 is 1.40 bits per heavy atom. The third kappa shape index (κ3) is 2.75. The molecule has 0 N–H and O–H groups in total. The van der Waals surface area contributed by atoms with Gasteiger partial charge in [0.25, 0.3) is 0 Å². The summed E-state index contributed by atoms with van der Waals surface area (Å²) < 4.78 is 16.8. The van der Waals surface area contributed by atoms with Crippen molar-refractivity contribution in [3.8, 4) is 11.5 Å². The van der Waals surface area contributed by atoms with Crippen molar-refractivity contribution in [2.75, 3.05) is 38.3 Å². The number of methoxy groups -OCH3 is 1. The lowest BCUT2D eigenvalue weighted by atomic mass is 10.1. The number of ether oxygens (including phenoxy) is 3. The van der Waals surface area contributed by atoms with Gasteiger partial charge < -0.3 is 19.1 Å². The summed E-state index contributed by atoms with van der Waals surface area (Å²) in [6.45, 7) is 5.47. The van der Waals surface area contributed by atoms with E-state index in [1.165, 1.54) is 5.57 Å². The van der Waals surface area contributed by atoms with Crippen LogP contribution in [0.4, 0.5) is 5.69 Å². The third-order valence-corrected chi connectivity index (χ3v) is 3.69. The van der Waals surface area contributed by atoms with Crippen LogP contribution < -0.4 is 14.4 Å². The number of fused-ring (bicyclic) bond motifs is 1. The minimum atomic E-state index is 0.195. The second-order valence-electron chi connectivity index (χ2n) is 5.35. The van der Waals surface area contributed by atoms with Crippen molar-refractivity contribution < 1.29 is 14.2 Å². The van der Waals surface area contributed by atoms with Crippen LogP contribution >= 0.6 is 0 Å². The van der Waals surface area contributed by atoms with Crippen LogP contribution in [0.3, 0.4) is 0 Å². The first-order chi connectivity index (χ1) is 9.76. The fraction of sp³-hybridized carbons (Fsp3) is 0.500. The quantitative estimate of drug-likeness (QED) is 0.794. The van der Waals surface area contributed by atoms with Gasteiger partial charge in [-0.2, -0.15) is 0 Å². The van der Waals surface area contributed by atoms with E-state index in [2.05, 4.69) is 17.9 Å². The second kappa shape index (κ2) is 5.75. The molecule has 0 bridgehead atoms. The molecule has 2 heterocycles. The first-order valence-electron chi connectivity index (χ1n) is 7.11. The Morgan fingerprint density at radius 3 is 3.05 bits per heavy atom. The first kappa shape index (κ1) is 13.3. The van der Waals surface area contributed by atoms with Gasteiger partial charge >= 0.3 is 0 Å². The van der Waals surface area contributed by atoms with Gasteiger partial charge in [0.1, 0.15) is 17.6 Å². The molecule has 2 aliphatic rings. The average Bonchev–Trinajstić information content (AvgIpc) is 2.48. The Hall–Kier alpha value is -1.68. The summed E-state index contributed by atoms with van der Waals surface area (Å²) in [6, 6.07) is 5.98. The molecular formula is C16H21NO3. The van der Waals surface area contributed by atoms with Gasteiger partial charge in [-0.25, -0.2) is 0 Å². The standard InChI is InChI=1S/C16H21NO3/c1-12-9-17(10-13-4-3-7-19-11-13)15-8-14(18-2)5-6-16(15)20-12/h4-6,8,12H,3,7,9-11H2,1-2H3/t12-/m1/s1. The summed E-state index contributed by atoms with van der Waals surface area (Å²) >= 11 is 0. The maximum atomic E-state index is 5.90. The van der Waals surface area contributed by atoms with Crippen LogP contribution in [0.15, 0.2) is 29.8 Å². The molecule has 20 heavy (non-hydrogen) atoms. The van der Waals surface area contributed by atoms with Gasteiger partial charge in [0.2, 0.25) is 0 Å². The number of benzene rings is 1. The number of anilines is 1. The highest BCUT2D eigenvalue weighted by molar-refractivity contribution is 5.63. The van der Waals surface area contributed by atoms with E-state index >= 15 is 0 Å². The monoisotopic (exact) mass is 275 g/mol. The summed E-state index contributed by atoms with van der Waals surface area (Å²) in [6.07, 6.45) is 3.50. The maximum absolute atomic E-state index is 5.90. The van der Waals surface area contributed by atoms with Crippen LogP contribution in [0.2, 0.25) is 0 Å². The molecule has 0 saturated carbocycles. The summed E-state index contributed by atoms with van der Waals surface area (Å²) in [5.41, 5.74) is 2.45. The van der Waals surface area contributed by atoms with Crippen molar-refractivity contribution in [2.45, 2.75) is 19.4 Å². The molecule has 0 saturated heterocycles. The fourth-order valence-corrected chi connectivity index (χ4v) is 2.75. The van der Waals surface area contributed by atoms with Crippen LogP contribution in [0, 0.1) is 0 Å². The number of hydrogen-bond donors (Lipinski definition) is 0. The van der Waals surface area contributed by atoms with E-state index in [0.717, 1.165) is 49.9 Å². The predicted octanol–water partition coefficient (Wildman–Crippen LogP) is 2.63. The van der Waals surface area contributed by atoms with Gasteiger partial charge in [-0.3, -0.25) is 0 Å². The molecule has 1 atom stereocenters. The maximum Gasteiger partial charge on any atom is 0.143 e. The van der Waals surface area contributed by atoms with E-state index in [1.807, 2.05) is 18.2 Å². The van der Waals surface area contributed by atoms with Crippen LogP contribution in [0.1, 0.15) is 13.3 Å². The van der Waals surface area contributed by atoms with Crippen LogP contribution in [-0.4, -0.2) is 39.5 Å². The van der Waals surface area contributed by atoms with Gasteiger partial charge in [-0.15, -0.1) is 0 Å². The zero-order valence-electron chi connectivity index (χ0n) is 12.1. The summed E-state index contributed by atoms with van der Waals surface area (Å²) in [7, 11) is 1.69. The van der Waals surface area contributed by atoms with Gasteiger partial charge in [0.05, 0.1) is 32.6 Å². The summed E-state index contributed by atoms with van der Waals surface area (Å²) in [5, 5.41) is 0. The van der Waals surface area contributed by atoms with Crippen LogP contribution in [0.5, 0.6) is 11.5 Å². The van der Waals surface area contributed by atoms with E-state index in [1.54, 1.807) is 7.11 Å². The number of nitrogens with zero attached hydrogens (tertiary/aromatic N) is 1. The average molecular weight is 275 g/mol. The van der Waals surface area contributed by atoms with Crippen molar-refractivity contribution >= 4 is 5.69 Å². The van der Waals surface area contributed by atoms with Gasteiger partial charge in [0.15, 0.2) is 0 Å². The van der Waals surface area contributed by atoms with Gasteiger partial charge in [0, 0.05) is 12.6 Å². The summed E-state index contributed by atoms with van der Waals surface area (Å²) in [4.78, 5) is 2.35. The summed E-state index contributed by atoms with van der Waals surface area (Å²) in [5.74, 6) is 1.79. The van der Waals surface area contributed by atoms with E-state index in [4.69, 9.17) is 14.2 Å². The predicted molar refractivity (Wildman–Crippen MR) is 78.8 cm³/mol. The largest absolute Gasteiger partial charge is 0.497 e. The fourth-order valence-electron chi connectivity index (χ4n) is 2.75. The Morgan fingerprint density at radius 2 is 2.30 bits per heavy atom. The van der Waals surface area contributed by atoms with E-state index < -0.39 is 0 Å². The molecule has 1 aromatic carbocycles. The molecule has 3 rings (SSSR count). The van der Waals surface area contributed by atoms with Gasteiger partial charge in [-0.05, 0) is 31.1 Å². The SMILES string of the molecule is COc1ccc2c(c1)N(CC1=CCCOC1)C[C@@H](C)O2. The molecule has 0 unspecified atom stereocenters. The van der Waals surface area contributed by atoms with E-state index in [9.17, 15) is 0 Å². The molecule has 0 radical (unpaired) electrons. The van der Waals surface area contributed by atoms with Crippen LogP contribution in [0.25, 0.3) is 0 Å². The first-order valence-corrected chi connectivity index (χ1v) is 7.11. The van der Waals surface area contributed by atoms with Gasteiger partial charge in [-0.1, -0.05) is 6.08 Å². The molecule has 108 valence electrons. The molecule has 0 spiro atoms. The van der Waals surface area contributed by atoms with Crippen molar-refractivity contribution in [3.05, 3.63) is 29.8 Å². The molecule has 0 amide bonds. The molecular weight excluding hydrogens is 254 g/mol. The minimum Gasteiger partial charge on any atom is -0.497 e. The molecule has 0 aliphatic carbocycles. The van der Waals surface area contributed by atoms with Crippen molar-refractivity contribution in [1.82, 2.24) is 0 Å². The van der Waals surface area contributed by atoms with E-state index in [-0.39, 0.29) is 6.10 Å². The smallest absolute Gasteiger partial charge is 0.143 e. The Bertz CT molecular complexity index is 512. The van der Waals surface area contributed by atoms with Crippen molar-refractivity contribution in [1.29, 1.82) is 0 Å². The topological polar surface area (TPSA) is 30.9 Å². The highest BCUT2D eigenvalue weighted by Crippen LogP contribution is 2.36. The highest BCUT2D eigenvalue weighted by Gasteiger charge is 2.24. The van der Waals surface area contributed by atoms with Crippen molar-refractivity contribution in [2.24, 2.45) is 0 Å². The molecule has 1 aromatic rings. The molecule has 4 nitrogen and oxygen atoms in total. The zero-order valence-corrected chi connectivity index (χ0v) is 12.1. The Labute approximate surface area is 119 Å². The molecule has 2 aliphatic heterocycles. The number of hydrogen-bond acceptors (Lipinski definition) is 4. The molecule has 4 heteroatoms. The second-order valence-corrected chi connectivity index (χ2v) is 5.35. The lowest BCUT2D eigenvalue weighted by molar-refractivity contribution is 0.148. The highest BCUT2D eigenvalue weighted by atomic mass is 16.5. The lowest BCUT2D eigenvalue weighted by Gasteiger charge is -2.36. The third-order valence-electron chi connectivity index (χ3n) is 3.69. The van der Waals surface area contributed by atoms with Crippen molar-refractivity contribution in [3.63, 3.8) is 0 Å². The Balaban J connectivity index is 1.85. The normalized spacial score (nSPS) is 21.8. The van der Waals surface area contributed by atoms with E-state index in [0.29, 0.717) is 0 Å². The molecule has 0 aromatic heterocycles. The lowest BCUT2D eigenvalue weighted by Crippen LogP contribution is -2.40. The molecule has 0 fully saturated rings. The number of rotatable bonds is 3.